The number of carbonyl (C=O) groups excluding carboxylic acids is 3. The van der Waals surface area contributed by atoms with Crippen molar-refractivity contribution in [2.24, 2.45) is 0 Å². The lowest BCUT2D eigenvalue weighted by Gasteiger charge is -2.18. The van der Waals surface area contributed by atoms with E-state index in [1.807, 2.05) is 0 Å². The normalized spacial score (nSPS) is 12.3. The van der Waals surface area contributed by atoms with Crippen molar-refractivity contribution in [1.29, 1.82) is 0 Å². The van der Waals surface area contributed by atoms with Gasteiger partial charge in [0.1, 0.15) is 13.2 Å². The fraction of sp³-hybridized carbons (Fsp3) is 0.847. The molecule has 78 heavy (non-hydrogen) atoms. The summed E-state index contributed by atoms with van der Waals surface area (Å²) in [5.41, 5.74) is 0. The van der Waals surface area contributed by atoms with Crippen molar-refractivity contribution in [3.63, 3.8) is 0 Å². The molecule has 0 aromatic heterocycles. The maximum absolute atomic E-state index is 12.9. The molecule has 0 aliphatic heterocycles. The summed E-state index contributed by atoms with van der Waals surface area (Å²) >= 11 is 0. The summed E-state index contributed by atoms with van der Waals surface area (Å²) < 4.78 is 16.9. The van der Waals surface area contributed by atoms with Gasteiger partial charge in [0, 0.05) is 19.3 Å². The molecule has 1 unspecified atom stereocenters. The molecule has 0 N–H and O–H groups in total. The van der Waals surface area contributed by atoms with Gasteiger partial charge in [-0.2, -0.15) is 0 Å². The molecule has 0 saturated carbocycles. The lowest BCUT2D eigenvalue weighted by atomic mass is 10.0. The molecule has 456 valence electrons. The van der Waals surface area contributed by atoms with Crippen LogP contribution in [-0.4, -0.2) is 37.2 Å². The van der Waals surface area contributed by atoms with Gasteiger partial charge in [-0.25, -0.2) is 0 Å². The van der Waals surface area contributed by atoms with Crippen molar-refractivity contribution in [2.45, 2.75) is 380 Å². The number of hydrogen-bond acceptors (Lipinski definition) is 6. The molecule has 0 amide bonds. The molecule has 6 heteroatoms. The van der Waals surface area contributed by atoms with E-state index in [0.717, 1.165) is 89.9 Å². The van der Waals surface area contributed by atoms with Crippen LogP contribution in [0.2, 0.25) is 0 Å². The van der Waals surface area contributed by atoms with Crippen molar-refractivity contribution in [3.8, 4) is 0 Å². The number of rotatable bonds is 64. The summed E-state index contributed by atoms with van der Waals surface area (Å²) in [5, 5.41) is 0. The summed E-state index contributed by atoms with van der Waals surface area (Å²) in [6.07, 6.45) is 84.4. The molecule has 0 aliphatic rings. The highest BCUT2D eigenvalue weighted by Gasteiger charge is 2.19. The van der Waals surface area contributed by atoms with Gasteiger partial charge >= 0.3 is 17.9 Å². The summed E-state index contributed by atoms with van der Waals surface area (Å²) in [5.74, 6) is -0.865. The quantitative estimate of drug-likeness (QED) is 0.0261. The number of ether oxygens (including phenoxy) is 3. The van der Waals surface area contributed by atoms with Crippen molar-refractivity contribution in [3.05, 3.63) is 48.6 Å². The smallest absolute Gasteiger partial charge is 0.306 e. The van der Waals surface area contributed by atoms with Gasteiger partial charge in [0.25, 0.3) is 0 Å². The zero-order valence-corrected chi connectivity index (χ0v) is 52.5. The van der Waals surface area contributed by atoms with Gasteiger partial charge in [0.2, 0.25) is 0 Å². The van der Waals surface area contributed by atoms with Crippen LogP contribution in [0.5, 0.6) is 0 Å². The zero-order valence-electron chi connectivity index (χ0n) is 52.5. The zero-order chi connectivity index (χ0) is 56.4. The van der Waals surface area contributed by atoms with Gasteiger partial charge in [0.15, 0.2) is 6.10 Å². The Hall–Kier alpha value is -2.63. The van der Waals surface area contributed by atoms with Crippen LogP contribution in [0.15, 0.2) is 48.6 Å². The Morgan fingerprint density at radius 2 is 0.462 bits per heavy atom. The van der Waals surface area contributed by atoms with Gasteiger partial charge in [-0.15, -0.1) is 0 Å². The molecule has 0 heterocycles. The lowest BCUT2D eigenvalue weighted by Crippen LogP contribution is -2.30. The molecular formula is C72H132O6. The highest BCUT2D eigenvalue weighted by molar-refractivity contribution is 5.71. The average molecular weight is 1090 g/mol. The highest BCUT2D eigenvalue weighted by atomic mass is 16.6. The fourth-order valence-corrected chi connectivity index (χ4v) is 10.3. The maximum Gasteiger partial charge on any atom is 0.306 e. The first-order valence-electron chi connectivity index (χ1n) is 34.6. The first-order chi connectivity index (χ1) is 38.5. The average Bonchev–Trinajstić information content (AvgIpc) is 3.44. The van der Waals surface area contributed by atoms with Crippen molar-refractivity contribution >= 4 is 17.9 Å². The van der Waals surface area contributed by atoms with E-state index in [9.17, 15) is 14.4 Å². The third-order valence-electron chi connectivity index (χ3n) is 15.6. The van der Waals surface area contributed by atoms with Crippen molar-refractivity contribution < 1.29 is 28.6 Å². The van der Waals surface area contributed by atoms with E-state index in [1.54, 1.807) is 0 Å². The van der Waals surface area contributed by atoms with Crippen LogP contribution in [-0.2, 0) is 28.6 Å². The minimum absolute atomic E-state index is 0.0736. The van der Waals surface area contributed by atoms with Crippen LogP contribution >= 0.6 is 0 Å². The summed E-state index contributed by atoms with van der Waals surface area (Å²) in [7, 11) is 0. The van der Waals surface area contributed by atoms with Crippen LogP contribution in [0.1, 0.15) is 374 Å². The maximum atomic E-state index is 12.9. The Kier molecular flexibility index (Phi) is 64.6. The van der Waals surface area contributed by atoms with Gasteiger partial charge < -0.3 is 14.2 Å². The fourth-order valence-electron chi connectivity index (χ4n) is 10.3. The standard InChI is InChI=1S/C72H132O6/c1-4-7-10-13-16-19-22-25-27-28-29-30-31-32-33-34-35-36-37-38-39-40-41-42-43-44-46-47-50-53-56-59-62-65-71(74)77-68-69(67-76-70(73)64-61-58-55-52-49-24-21-18-15-12-9-6-3)78-72(75)66-63-60-57-54-51-48-45-26-23-20-17-14-11-8-5-2/h17,20,22,25-26,28-29,45,69H,4-16,18-19,21,23-24,27,30-44,46-68H2,1-3H3/b20-17-,25-22-,29-28-,45-26-. The molecule has 0 aromatic rings. The monoisotopic (exact) mass is 1090 g/mol. The van der Waals surface area contributed by atoms with E-state index < -0.39 is 6.10 Å². The van der Waals surface area contributed by atoms with Gasteiger partial charge in [0.05, 0.1) is 0 Å². The Morgan fingerprint density at radius 3 is 0.731 bits per heavy atom. The molecule has 0 saturated heterocycles. The third-order valence-corrected chi connectivity index (χ3v) is 15.6. The molecule has 6 nitrogen and oxygen atoms in total. The summed E-state index contributed by atoms with van der Waals surface area (Å²) in [4.78, 5) is 38.3. The molecule has 0 spiro atoms. The van der Waals surface area contributed by atoms with Crippen LogP contribution < -0.4 is 0 Å². The highest BCUT2D eigenvalue weighted by Crippen LogP contribution is 2.18. The number of unbranched alkanes of at least 4 members (excludes halogenated alkanes) is 45. The Labute approximate surface area is 486 Å². The van der Waals surface area contributed by atoms with E-state index in [0.29, 0.717) is 19.3 Å². The van der Waals surface area contributed by atoms with Crippen LogP contribution in [0.25, 0.3) is 0 Å². The Bertz CT molecular complexity index is 1350. The van der Waals surface area contributed by atoms with Crippen molar-refractivity contribution in [2.75, 3.05) is 13.2 Å². The number of hydrogen-bond donors (Lipinski definition) is 0. The largest absolute Gasteiger partial charge is 0.462 e. The number of esters is 3. The molecule has 0 aliphatic carbocycles. The van der Waals surface area contributed by atoms with E-state index in [2.05, 4.69) is 69.4 Å². The predicted octanol–water partition coefficient (Wildman–Crippen LogP) is 23.7. The minimum atomic E-state index is -0.777. The molecule has 0 rings (SSSR count). The molecule has 1 atom stereocenters. The lowest BCUT2D eigenvalue weighted by molar-refractivity contribution is -0.167. The number of allylic oxidation sites excluding steroid dienone is 8. The first kappa shape index (κ1) is 75.4. The van der Waals surface area contributed by atoms with Crippen LogP contribution in [0.3, 0.4) is 0 Å². The van der Waals surface area contributed by atoms with E-state index in [4.69, 9.17) is 14.2 Å². The summed E-state index contributed by atoms with van der Waals surface area (Å²) in [6, 6.07) is 0. The second-order valence-corrected chi connectivity index (χ2v) is 23.4. The SMILES string of the molecule is CCCCC/C=C\C/C=C\CCCCCCCC(=O)OC(COC(=O)CCCCCCCCCCCCCC)COC(=O)CCCCCCCCCCCCCCCCCCCCCCC/C=C\C/C=C\CCCCCCC. The van der Waals surface area contributed by atoms with E-state index in [-0.39, 0.29) is 31.1 Å². The molecule has 0 radical (unpaired) electrons. The first-order valence-corrected chi connectivity index (χ1v) is 34.6. The van der Waals surface area contributed by atoms with Crippen LogP contribution in [0, 0.1) is 0 Å². The number of carbonyl (C=O) groups is 3. The molecule has 0 bridgehead atoms. The van der Waals surface area contributed by atoms with Gasteiger partial charge in [-0.3, -0.25) is 14.4 Å². The van der Waals surface area contributed by atoms with Gasteiger partial charge in [-0.1, -0.05) is 320 Å². The second kappa shape index (κ2) is 66.9. The summed E-state index contributed by atoms with van der Waals surface area (Å²) in [6.45, 7) is 6.64. The molecule has 0 fully saturated rings. The van der Waals surface area contributed by atoms with Gasteiger partial charge in [-0.05, 0) is 83.5 Å². The third kappa shape index (κ3) is 64.2. The second-order valence-electron chi connectivity index (χ2n) is 23.4. The van der Waals surface area contributed by atoms with Crippen molar-refractivity contribution in [1.82, 2.24) is 0 Å². The Balaban J connectivity index is 4.08. The molecule has 0 aromatic carbocycles. The molecular weight excluding hydrogens is 961 g/mol. The van der Waals surface area contributed by atoms with E-state index >= 15 is 0 Å². The minimum Gasteiger partial charge on any atom is -0.462 e. The van der Waals surface area contributed by atoms with E-state index in [1.165, 1.54) is 244 Å². The van der Waals surface area contributed by atoms with Crippen LogP contribution in [0.4, 0.5) is 0 Å². The predicted molar refractivity (Wildman–Crippen MR) is 339 cm³/mol. The Morgan fingerprint density at radius 1 is 0.256 bits per heavy atom. The topological polar surface area (TPSA) is 78.9 Å².